The lowest BCUT2D eigenvalue weighted by Gasteiger charge is -2.17. The molecule has 10 heteroatoms. The molecule has 29 heavy (non-hydrogen) atoms. The van der Waals surface area contributed by atoms with E-state index < -0.39 is 22.0 Å². The smallest absolute Gasteiger partial charge is 0.265 e. The normalized spacial score (nSPS) is 12.5. The number of ether oxygens (including phenoxy) is 1. The van der Waals surface area contributed by atoms with Crippen molar-refractivity contribution in [1.82, 2.24) is 0 Å². The molecule has 0 unspecified atom stereocenters. The molecule has 0 aliphatic carbocycles. The molecule has 2 rings (SSSR count). The average Bonchev–Trinajstić information content (AvgIpc) is 2.65. The largest absolute Gasteiger partial charge is 0.492 e. The van der Waals surface area contributed by atoms with E-state index in [1.165, 1.54) is 30.3 Å². The van der Waals surface area contributed by atoms with E-state index in [4.69, 9.17) is 27.9 Å². The van der Waals surface area contributed by atoms with Crippen LogP contribution in [-0.4, -0.2) is 32.1 Å². The van der Waals surface area contributed by atoms with Crippen LogP contribution in [0.15, 0.2) is 41.3 Å². The predicted octanol–water partition coefficient (Wildman–Crippen LogP) is 4.15. The Hall–Kier alpha value is -2.00. The Balaban J connectivity index is 2.36. The van der Waals surface area contributed by atoms with E-state index in [0.29, 0.717) is 0 Å². The highest BCUT2D eigenvalue weighted by Crippen LogP contribution is 2.34. The van der Waals surface area contributed by atoms with Crippen molar-refractivity contribution in [3.63, 3.8) is 0 Å². The second kappa shape index (κ2) is 9.67. The number of carbonyl (C=O) groups is 1. The van der Waals surface area contributed by atoms with Crippen LogP contribution in [0.2, 0.25) is 10.0 Å². The molecule has 0 radical (unpaired) electrons. The van der Waals surface area contributed by atoms with Gasteiger partial charge in [0.15, 0.2) is 0 Å². The summed E-state index contributed by atoms with van der Waals surface area (Å²) in [7, 11) is -4.06. The molecule has 0 saturated carbocycles. The van der Waals surface area contributed by atoms with Crippen LogP contribution in [0.4, 0.5) is 11.4 Å². The number of nitrogens with one attached hydrogen (secondary N) is 2. The van der Waals surface area contributed by atoms with Crippen LogP contribution in [0.1, 0.15) is 20.8 Å². The number of hydrogen-bond donors (Lipinski definition) is 3. The van der Waals surface area contributed by atoms with Crippen LogP contribution in [0.5, 0.6) is 5.75 Å². The Labute approximate surface area is 180 Å². The van der Waals surface area contributed by atoms with Gasteiger partial charge in [-0.1, -0.05) is 43.1 Å². The molecule has 7 nitrogen and oxygen atoms in total. The fourth-order valence-corrected chi connectivity index (χ4v) is 3.98. The maximum Gasteiger partial charge on any atom is 0.265 e. The van der Waals surface area contributed by atoms with Crippen molar-refractivity contribution in [3.8, 4) is 5.75 Å². The van der Waals surface area contributed by atoms with Gasteiger partial charge < -0.3 is 15.2 Å². The Kier molecular flexibility index (Phi) is 7.76. The summed E-state index contributed by atoms with van der Waals surface area (Å²) >= 11 is 12.0. The van der Waals surface area contributed by atoms with Gasteiger partial charge in [-0.25, -0.2) is 8.42 Å². The highest BCUT2D eigenvalue weighted by molar-refractivity contribution is 7.92. The number of aliphatic hydroxyl groups is 1. The fourth-order valence-electron chi connectivity index (χ4n) is 2.38. The summed E-state index contributed by atoms with van der Waals surface area (Å²) in [4.78, 5) is 11.9. The van der Waals surface area contributed by atoms with Crippen LogP contribution in [0, 0.1) is 5.92 Å². The highest BCUT2D eigenvalue weighted by atomic mass is 35.5. The minimum Gasteiger partial charge on any atom is -0.492 e. The van der Waals surface area contributed by atoms with Crippen LogP contribution in [0.25, 0.3) is 0 Å². The lowest BCUT2D eigenvalue weighted by Crippen LogP contribution is -2.31. The predicted molar refractivity (Wildman–Crippen MR) is 114 cm³/mol. The molecule has 0 aliphatic rings. The number of rotatable bonds is 8. The Morgan fingerprint density at radius 1 is 1.21 bits per heavy atom. The van der Waals surface area contributed by atoms with Crippen LogP contribution >= 0.6 is 23.2 Å². The van der Waals surface area contributed by atoms with Crippen molar-refractivity contribution >= 4 is 50.5 Å². The van der Waals surface area contributed by atoms with Crippen LogP contribution < -0.4 is 14.8 Å². The topological polar surface area (TPSA) is 105 Å². The highest BCUT2D eigenvalue weighted by Gasteiger charge is 2.23. The minimum atomic E-state index is -4.06. The van der Waals surface area contributed by atoms with E-state index in [2.05, 4.69) is 10.0 Å². The molecule has 1 atom stereocenters. The van der Waals surface area contributed by atoms with Gasteiger partial charge in [0.25, 0.3) is 15.9 Å². The molecule has 3 N–H and O–H groups in total. The van der Waals surface area contributed by atoms with Gasteiger partial charge in [0.2, 0.25) is 0 Å². The molecule has 0 fully saturated rings. The molecule has 0 bridgehead atoms. The summed E-state index contributed by atoms with van der Waals surface area (Å²) in [6, 6.07) is 8.66. The summed E-state index contributed by atoms with van der Waals surface area (Å²) in [6.45, 7) is 5.31. The first-order chi connectivity index (χ1) is 13.6. The zero-order chi connectivity index (χ0) is 21.8. The van der Waals surface area contributed by atoms with E-state index in [1.54, 1.807) is 26.8 Å². The van der Waals surface area contributed by atoms with Gasteiger partial charge in [0.1, 0.15) is 16.7 Å². The SMILES string of the molecule is CCOc1cc(NC(=O)[C@@H](O)C(C)C)ccc1S(=O)(=O)Nc1cccc(Cl)c1Cl. The standard InChI is InChI=1S/C19H22Cl2N2O5S/c1-4-28-15-10-12(22-19(25)18(24)11(2)3)8-9-16(15)29(26,27)23-14-7-5-6-13(20)17(14)21/h5-11,18,23-24H,4H2,1-3H3,(H,22,25)/t18-/m0/s1. The second-order valence-corrected chi connectivity index (χ2v) is 8.92. The molecule has 2 aromatic carbocycles. The van der Waals surface area contributed by atoms with E-state index >= 15 is 0 Å². The Bertz CT molecular complexity index is 996. The fraction of sp³-hybridized carbons (Fsp3) is 0.316. The third kappa shape index (κ3) is 5.76. The van der Waals surface area contributed by atoms with Crippen molar-refractivity contribution in [2.24, 2.45) is 5.92 Å². The number of benzene rings is 2. The second-order valence-electron chi connectivity index (χ2n) is 6.48. The molecule has 0 heterocycles. The number of amides is 1. The van der Waals surface area contributed by atoms with Crippen molar-refractivity contribution < 1.29 is 23.1 Å². The summed E-state index contributed by atoms with van der Waals surface area (Å²) < 4.78 is 33.6. The molecule has 0 aliphatic heterocycles. The van der Waals surface area contributed by atoms with Gasteiger partial charge in [-0.05, 0) is 37.1 Å². The number of sulfonamides is 1. The number of carbonyl (C=O) groups excluding carboxylic acids is 1. The lowest BCUT2D eigenvalue weighted by molar-refractivity contribution is -0.125. The molecule has 1 amide bonds. The first kappa shape index (κ1) is 23.3. The van der Waals surface area contributed by atoms with E-state index in [-0.39, 0.29) is 44.6 Å². The third-order valence-electron chi connectivity index (χ3n) is 3.90. The Morgan fingerprint density at radius 2 is 1.90 bits per heavy atom. The van der Waals surface area contributed by atoms with Crippen LogP contribution in [-0.2, 0) is 14.8 Å². The average molecular weight is 461 g/mol. The number of aliphatic hydroxyl groups excluding tert-OH is 1. The summed E-state index contributed by atoms with van der Waals surface area (Å²) in [5, 5.41) is 12.7. The summed E-state index contributed by atoms with van der Waals surface area (Å²) in [6.07, 6.45) is -1.19. The maximum atomic E-state index is 12.9. The third-order valence-corrected chi connectivity index (χ3v) is 6.12. The molecule has 0 aromatic heterocycles. The molecule has 0 spiro atoms. The first-order valence-corrected chi connectivity index (χ1v) is 11.0. The molecular weight excluding hydrogens is 439 g/mol. The number of halogens is 2. The monoisotopic (exact) mass is 460 g/mol. The van der Waals surface area contributed by atoms with E-state index in [1.807, 2.05) is 0 Å². The molecule has 158 valence electrons. The van der Waals surface area contributed by atoms with Crippen molar-refractivity contribution in [2.45, 2.75) is 31.8 Å². The van der Waals surface area contributed by atoms with Crippen LogP contribution in [0.3, 0.4) is 0 Å². The molecular formula is C19H22Cl2N2O5S. The van der Waals surface area contributed by atoms with Gasteiger partial charge >= 0.3 is 0 Å². The van der Waals surface area contributed by atoms with Crippen molar-refractivity contribution in [2.75, 3.05) is 16.6 Å². The number of hydrogen-bond acceptors (Lipinski definition) is 5. The minimum absolute atomic E-state index is 0.0370. The zero-order valence-electron chi connectivity index (χ0n) is 16.1. The summed E-state index contributed by atoms with van der Waals surface area (Å²) in [5.74, 6) is -0.829. The van der Waals surface area contributed by atoms with E-state index in [0.717, 1.165) is 0 Å². The molecule has 0 saturated heterocycles. The van der Waals surface area contributed by atoms with Gasteiger partial charge in [0.05, 0.1) is 22.3 Å². The first-order valence-electron chi connectivity index (χ1n) is 8.79. The summed E-state index contributed by atoms with van der Waals surface area (Å²) in [5.41, 5.74) is 0.414. The maximum absolute atomic E-state index is 12.9. The zero-order valence-corrected chi connectivity index (χ0v) is 18.4. The van der Waals surface area contributed by atoms with Gasteiger partial charge in [0, 0.05) is 11.8 Å². The van der Waals surface area contributed by atoms with Crippen molar-refractivity contribution in [3.05, 3.63) is 46.4 Å². The molecule has 2 aromatic rings. The quantitative estimate of drug-likeness (QED) is 0.548. The lowest BCUT2D eigenvalue weighted by atomic mass is 10.1. The van der Waals surface area contributed by atoms with Gasteiger partial charge in [-0.15, -0.1) is 0 Å². The number of anilines is 2. The van der Waals surface area contributed by atoms with Gasteiger partial charge in [-0.3, -0.25) is 9.52 Å². The van der Waals surface area contributed by atoms with E-state index in [9.17, 15) is 18.3 Å². The van der Waals surface area contributed by atoms with Crippen molar-refractivity contribution in [1.29, 1.82) is 0 Å². The van der Waals surface area contributed by atoms with Gasteiger partial charge in [-0.2, -0.15) is 0 Å². The Morgan fingerprint density at radius 3 is 2.52 bits per heavy atom.